The summed E-state index contributed by atoms with van der Waals surface area (Å²) in [5.74, 6) is 2.61. The SMILES string of the molecule is CCn1cnc2c(=O)n(-c3ccc(Cl)cc3)c([C@H]3CC[C@@H](C(C)C)CC3)nc21. The third-order valence-electron chi connectivity index (χ3n) is 6.17. The number of fused-ring (bicyclic) bond motifs is 1. The number of halogens is 1. The summed E-state index contributed by atoms with van der Waals surface area (Å²) in [7, 11) is 0. The molecule has 0 spiro atoms. The molecular formula is C22H27ClN4O. The third kappa shape index (κ3) is 3.37. The summed E-state index contributed by atoms with van der Waals surface area (Å²) in [6.45, 7) is 7.39. The Balaban J connectivity index is 1.86. The maximum absolute atomic E-state index is 13.4. The molecule has 2 aromatic heterocycles. The second-order valence-corrected chi connectivity index (χ2v) is 8.58. The molecular weight excluding hydrogens is 372 g/mol. The highest BCUT2D eigenvalue weighted by Gasteiger charge is 2.29. The molecule has 3 aromatic rings. The summed E-state index contributed by atoms with van der Waals surface area (Å²) in [6, 6.07) is 7.41. The lowest BCUT2D eigenvalue weighted by Gasteiger charge is -2.31. The van der Waals surface area contributed by atoms with E-state index in [1.54, 1.807) is 10.9 Å². The van der Waals surface area contributed by atoms with Crippen molar-refractivity contribution >= 4 is 22.8 Å². The Kier molecular flexibility index (Phi) is 5.28. The molecule has 0 amide bonds. The monoisotopic (exact) mass is 398 g/mol. The molecule has 4 rings (SSSR count). The molecule has 1 aromatic carbocycles. The largest absolute Gasteiger partial charge is 0.315 e. The Bertz CT molecular complexity index is 1030. The minimum atomic E-state index is -0.0968. The van der Waals surface area contributed by atoms with Gasteiger partial charge in [0.25, 0.3) is 5.56 Å². The topological polar surface area (TPSA) is 52.7 Å². The zero-order chi connectivity index (χ0) is 19.8. The summed E-state index contributed by atoms with van der Waals surface area (Å²) >= 11 is 6.07. The van der Waals surface area contributed by atoms with Crippen molar-refractivity contribution in [2.24, 2.45) is 11.8 Å². The molecule has 6 heteroatoms. The van der Waals surface area contributed by atoms with Crippen LogP contribution in [0.1, 0.15) is 58.2 Å². The summed E-state index contributed by atoms with van der Waals surface area (Å²) in [5, 5.41) is 0.653. The van der Waals surface area contributed by atoms with Crippen molar-refractivity contribution in [1.29, 1.82) is 0 Å². The van der Waals surface area contributed by atoms with Gasteiger partial charge in [0.1, 0.15) is 5.82 Å². The molecule has 0 saturated heterocycles. The Morgan fingerprint density at radius 3 is 2.43 bits per heavy atom. The van der Waals surface area contributed by atoms with Crippen LogP contribution in [0, 0.1) is 11.8 Å². The van der Waals surface area contributed by atoms with E-state index in [-0.39, 0.29) is 11.5 Å². The first-order valence-electron chi connectivity index (χ1n) is 10.2. The number of imidazole rings is 1. The van der Waals surface area contributed by atoms with Crippen molar-refractivity contribution in [3.8, 4) is 5.69 Å². The van der Waals surface area contributed by atoms with Gasteiger partial charge in [-0.3, -0.25) is 9.36 Å². The van der Waals surface area contributed by atoms with E-state index in [2.05, 4.69) is 18.8 Å². The van der Waals surface area contributed by atoms with Crippen molar-refractivity contribution in [3.05, 3.63) is 51.8 Å². The maximum Gasteiger partial charge on any atom is 0.286 e. The highest BCUT2D eigenvalue weighted by Crippen LogP contribution is 2.38. The predicted molar refractivity (Wildman–Crippen MR) is 113 cm³/mol. The Hall–Kier alpha value is -2.14. The first-order chi connectivity index (χ1) is 13.5. The van der Waals surface area contributed by atoms with Crippen LogP contribution in [0.4, 0.5) is 0 Å². The lowest BCUT2D eigenvalue weighted by atomic mass is 9.76. The van der Waals surface area contributed by atoms with E-state index < -0.39 is 0 Å². The van der Waals surface area contributed by atoms with Crippen LogP contribution in [-0.4, -0.2) is 19.1 Å². The maximum atomic E-state index is 13.4. The number of hydrogen-bond donors (Lipinski definition) is 0. The minimum absolute atomic E-state index is 0.0968. The van der Waals surface area contributed by atoms with Gasteiger partial charge in [-0.1, -0.05) is 25.4 Å². The van der Waals surface area contributed by atoms with Crippen LogP contribution < -0.4 is 5.56 Å². The molecule has 0 atom stereocenters. The van der Waals surface area contributed by atoms with Gasteiger partial charge >= 0.3 is 0 Å². The fourth-order valence-corrected chi connectivity index (χ4v) is 4.53. The Labute approximate surface area is 170 Å². The van der Waals surface area contributed by atoms with Gasteiger partial charge in [-0.05, 0) is 68.7 Å². The van der Waals surface area contributed by atoms with Crippen molar-refractivity contribution in [1.82, 2.24) is 19.1 Å². The molecule has 0 aliphatic heterocycles. The average molecular weight is 399 g/mol. The normalized spacial score (nSPS) is 20.2. The van der Waals surface area contributed by atoms with Crippen molar-refractivity contribution < 1.29 is 0 Å². The number of benzene rings is 1. The van der Waals surface area contributed by atoms with Gasteiger partial charge in [0.15, 0.2) is 11.2 Å². The number of nitrogens with zero attached hydrogens (tertiary/aromatic N) is 4. The van der Waals surface area contributed by atoms with Gasteiger partial charge < -0.3 is 4.57 Å². The summed E-state index contributed by atoms with van der Waals surface area (Å²) < 4.78 is 3.71. The van der Waals surface area contributed by atoms with Crippen molar-refractivity contribution in [3.63, 3.8) is 0 Å². The lowest BCUT2D eigenvalue weighted by molar-refractivity contribution is 0.253. The van der Waals surface area contributed by atoms with Crippen LogP contribution in [0.5, 0.6) is 0 Å². The molecule has 0 unspecified atom stereocenters. The molecule has 0 N–H and O–H groups in total. The number of aryl methyl sites for hydroxylation is 1. The molecule has 5 nitrogen and oxygen atoms in total. The molecule has 1 aliphatic carbocycles. The average Bonchev–Trinajstić information content (AvgIpc) is 3.12. The highest BCUT2D eigenvalue weighted by molar-refractivity contribution is 6.30. The number of aromatic nitrogens is 4. The number of rotatable bonds is 4. The standard InChI is InChI=1S/C22H27ClN4O/c1-4-26-13-24-19-21(26)25-20(16-7-5-15(6-8-16)14(2)3)27(22(19)28)18-11-9-17(23)10-12-18/h9-16H,4-8H2,1-3H3/t15-,16+. The molecule has 2 heterocycles. The zero-order valence-electron chi connectivity index (χ0n) is 16.7. The molecule has 0 radical (unpaired) electrons. The van der Waals surface area contributed by atoms with Gasteiger partial charge in [0.2, 0.25) is 0 Å². The van der Waals surface area contributed by atoms with E-state index in [1.165, 1.54) is 12.8 Å². The minimum Gasteiger partial charge on any atom is -0.315 e. The van der Waals surface area contributed by atoms with Gasteiger partial charge in [0.05, 0.1) is 12.0 Å². The van der Waals surface area contributed by atoms with Gasteiger partial charge in [-0.2, -0.15) is 0 Å². The molecule has 1 fully saturated rings. The van der Waals surface area contributed by atoms with Crippen LogP contribution in [0.2, 0.25) is 5.02 Å². The van der Waals surface area contributed by atoms with E-state index >= 15 is 0 Å². The van der Waals surface area contributed by atoms with Crippen LogP contribution in [0.25, 0.3) is 16.9 Å². The van der Waals surface area contributed by atoms with Gasteiger partial charge in [0, 0.05) is 17.5 Å². The molecule has 1 saturated carbocycles. The predicted octanol–water partition coefficient (Wildman–Crippen LogP) is 5.19. The molecule has 1 aliphatic rings. The van der Waals surface area contributed by atoms with E-state index in [9.17, 15) is 4.79 Å². The van der Waals surface area contributed by atoms with E-state index in [0.717, 1.165) is 36.8 Å². The van der Waals surface area contributed by atoms with Gasteiger partial charge in [-0.25, -0.2) is 9.97 Å². The fraction of sp³-hybridized carbons (Fsp3) is 0.500. The fourth-order valence-electron chi connectivity index (χ4n) is 4.40. The smallest absolute Gasteiger partial charge is 0.286 e. The second kappa shape index (κ2) is 7.70. The summed E-state index contributed by atoms with van der Waals surface area (Å²) in [6.07, 6.45) is 6.21. The lowest BCUT2D eigenvalue weighted by Crippen LogP contribution is -2.28. The van der Waals surface area contributed by atoms with Crippen molar-refractivity contribution in [2.75, 3.05) is 0 Å². The van der Waals surface area contributed by atoms with Crippen molar-refractivity contribution in [2.45, 2.75) is 58.9 Å². The quantitative estimate of drug-likeness (QED) is 0.608. The van der Waals surface area contributed by atoms with E-state index in [4.69, 9.17) is 16.6 Å². The zero-order valence-corrected chi connectivity index (χ0v) is 17.5. The summed E-state index contributed by atoms with van der Waals surface area (Å²) in [4.78, 5) is 22.7. The van der Waals surface area contributed by atoms with E-state index in [0.29, 0.717) is 22.1 Å². The van der Waals surface area contributed by atoms with Crippen LogP contribution in [0.15, 0.2) is 35.4 Å². The van der Waals surface area contributed by atoms with Crippen LogP contribution in [0.3, 0.4) is 0 Å². The highest BCUT2D eigenvalue weighted by atomic mass is 35.5. The van der Waals surface area contributed by atoms with Crippen LogP contribution >= 0.6 is 11.6 Å². The Morgan fingerprint density at radius 2 is 1.82 bits per heavy atom. The Morgan fingerprint density at radius 1 is 1.14 bits per heavy atom. The molecule has 28 heavy (non-hydrogen) atoms. The third-order valence-corrected chi connectivity index (χ3v) is 6.42. The number of hydrogen-bond acceptors (Lipinski definition) is 3. The second-order valence-electron chi connectivity index (χ2n) is 8.15. The first-order valence-corrected chi connectivity index (χ1v) is 10.6. The van der Waals surface area contributed by atoms with Crippen LogP contribution in [-0.2, 0) is 6.54 Å². The summed E-state index contributed by atoms with van der Waals surface area (Å²) in [5.41, 5.74) is 1.83. The van der Waals surface area contributed by atoms with E-state index in [1.807, 2.05) is 35.8 Å². The van der Waals surface area contributed by atoms with Gasteiger partial charge in [-0.15, -0.1) is 0 Å². The molecule has 0 bridgehead atoms. The molecule has 148 valence electrons. The first kappa shape index (κ1) is 19.2.